The number of alkyl halides is 2. The molecule has 0 spiro atoms. The van der Waals surface area contributed by atoms with Gasteiger partial charge in [0.1, 0.15) is 6.10 Å². The van der Waals surface area contributed by atoms with Gasteiger partial charge in [-0.1, -0.05) is 0 Å². The molecule has 3 heterocycles. The molecule has 0 amide bonds. The van der Waals surface area contributed by atoms with Crippen molar-refractivity contribution in [3.05, 3.63) is 66.6 Å². The van der Waals surface area contributed by atoms with Crippen molar-refractivity contribution in [1.82, 2.24) is 14.8 Å². The summed E-state index contributed by atoms with van der Waals surface area (Å²) >= 11 is 0. The quantitative estimate of drug-likeness (QED) is 0.587. The second-order valence-corrected chi connectivity index (χ2v) is 7.03. The van der Waals surface area contributed by atoms with E-state index in [2.05, 4.69) is 14.8 Å². The lowest BCUT2D eigenvalue weighted by Crippen LogP contribution is -2.34. The van der Waals surface area contributed by atoms with Crippen molar-refractivity contribution in [3.63, 3.8) is 0 Å². The van der Waals surface area contributed by atoms with Crippen molar-refractivity contribution in [2.75, 3.05) is 18.1 Å². The molecule has 3 aromatic rings. The number of hydrogen-bond acceptors (Lipinski definition) is 6. The summed E-state index contributed by atoms with van der Waals surface area (Å²) in [4.78, 5) is 17.3. The normalized spacial score (nSPS) is 18.5. The van der Waals surface area contributed by atoms with E-state index in [1.165, 1.54) is 12.1 Å². The van der Waals surface area contributed by atoms with Crippen molar-refractivity contribution in [3.8, 4) is 11.6 Å². The molecule has 2 atom stereocenters. The standard InChI is InChI=1S/C21H20F2N4O4/c22-21(23)30-13-17-10-18(12-26(17)15-4-2-14(3-5-15)20(28)29)31-19-7-6-16(11-24-19)27-9-1-8-25-27/h1-9,11,17-18,21H,10,12-13H2,(H,28,29)/t17-,18-/m0/s1. The van der Waals surface area contributed by atoms with E-state index in [0.717, 1.165) is 5.69 Å². The molecule has 0 bridgehead atoms. The molecule has 0 radical (unpaired) electrons. The van der Waals surface area contributed by atoms with Gasteiger partial charge in [0, 0.05) is 30.6 Å². The van der Waals surface area contributed by atoms with Gasteiger partial charge in [0.25, 0.3) is 0 Å². The Bertz CT molecular complexity index is 997. The van der Waals surface area contributed by atoms with Crippen molar-refractivity contribution in [2.45, 2.75) is 25.2 Å². The van der Waals surface area contributed by atoms with Gasteiger partial charge in [-0.2, -0.15) is 13.9 Å². The van der Waals surface area contributed by atoms with E-state index >= 15 is 0 Å². The van der Waals surface area contributed by atoms with E-state index in [9.17, 15) is 13.6 Å². The van der Waals surface area contributed by atoms with Crippen LogP contribution < -0.4 is 9.64 Å². The van der Waals surface area contributed by atoms with Crippen molar-refractivity contribution in [1.29, 1.82) is 0 Å². The minimum absolute atomic E-state index is 0.151. The summed E-state index contributed by atoms with van der Waals surface area (Å²) in [5.41, 5.74) is 1.64. The summed E-state index contributed by atoms with van der Waals surface area (Å²) in [6, 6.07) is 11.3. The Hall–Kier alpha value is -3.53. The number of aromatic nitrogens is 3. The van der Waals surface area contributed by atoms with Crippen LogP contribution in [0.2, 0.25) is 0 Å². The number of aromatic carboxylic acids is 1. The van der Waals surface area contributed by atoms with Gasteiger partial charge in [0.2, 0.25) is 5.88 Å². The average Bonchev–Trinajstić information content (AvgIpc) is 3.43. The molecule has 1 fully saturated rings. The number of pyridine rings is 1. The molecule has 162 valence electrons. The predicted molar refractivity (Wildman–Crippen MR) is 107 cm³/mol. The van der Waals surface area contributed by atoms with E-state index in [0.29, 0.717) is 24.5 Å². The summed E-state index contributed by atoms with van der Waals surface area (Å²) < 4.78 is 37.4. The van der Waals surface area contributed by atoms with Crippen molar-refractivity contribution in [2.24, 2.45) is 0 Å². The first kappa shape index (κ1) is 20.7. The van der Waals surface area contributed by atoms with Crippen LogP contribution in [0, 0.1) is 0 Å². The minimum atomic E-state index is -2.87. The second-order valence-electron chi connectivity index (χ2n) is 7.03. The lowest BCUT2D eigenvalue weighted by Gasteiger charge is -2.26. The largest absolute Gasteiger partial charge is 0.478 e. The van der Waals surface area contributed by atoms with Crippen LogP contribution in [0.15, 0.2) is 61.1 Å². The van der Waals surface area contributed by atoms with Crippen molar-refractivity contribution < 1.29 is 28.2 Å². The Morgan fingerprint density at radius 2 is 1.97 bits per heavy atom. The summed E-state index contributed by atoms with van der Waals surface area (Å²) in [5.74, 6) is -0.617. The zero-order chi connectivity index (χ0) is 21.8. The summed E-state index contributed by atoms with van der Waals surface area (Å²) in [5, 5.41) is 13.2. The van der Waals surface area contributed by atoms with Gasteiger partial charge < -0.3 is 19.5 Å². The zero-order valence-corrected chi connectivity index (χ0v) is 16.3. The van der Waals surface area contributed by atoms with Crippen LogP contribution in [0.4, 0.5) is 14.5 Å². The number of hydrogen-bond donors (Lipinski definition) is 1. The fraction of sp³-hybridized carbons (Fsp3) is 0.286. The predicted octanol–water partition coefficient (Wildman–Crippen LogP) is 3.23. The SMILES string of the molecule is O=C(O)c1ccc(N2C[C@@H](Oc3ccc(-n4cccn4)cn3)C[C@H]2COC(F)F)cc1. The number of carboxylic acid groups (broad SMARTS) is 1. The first-order valence-electron chi connectivity index (χ1n) is 9.62. The molecule has 1 aliphatic heterocycles. The lowest BCUT2D eigenvalue weighted by atomic mass is 10.1. The molecular weight excluding hydrogens is 410 g/mol. The van der Waals surface area contributed by atoms with Crippen LogP contribution in [0.25, 0.3) is 5.69 Å². The molecule has 4 rings (SSSR count). The van der Waals surface area contributed by atoms with Gasteiger partial charge in [0.05, 0.1) is 36.6 Å². The molecule has 31 heavy (non-hydrogen) atoms. The van der Waals surface area contributed by atoms with Gasteiger partial charge >= 0.3 is 12.6 Å². The van der Waals surface area contributed by atoms with Gasteiger partial charge in [-0.05, 0) is 36.4 Å². The van der Waals surface area contributed by atoms with Crippen molar-refractivity contribution >= 4 is 11.7 Å². The maximum atomic E-state index is 12.6. The van der Waals surface area contributed by atoms with Crippen LogP contribution in [0.5, 0.6) is 5.88 Å². The molecule has 1 N–H and O–H groups in total. The number of anilines is 1. The number of carboxylic acids is 1. The van der Waals surface area contributed by atoms with Crippen LogP contribution >= 0.6 is 0 Å². The Morgan fingerprint density at radius 1 is 1.19 bits per heavy atom. The number of benzene rings is 1. The van der Waals surface area contributed by atoms with Gasteiger partial charge in [0.15, 0.2) is 0 Å². The number of nitrogens with zero attached hydrogens (tertiary/aromatic N) is 4. The Balaban J connectivity index is 1.46. The third kappa shape index (κ3) is 4.97. The molecule has 0 aliphatic carbocycles. The highest BCUT2D eigenvalue weighted by atomic mass is 19.3. The smallest absolute Gasteiger partial charge is 0.345 e. The van der Waals surface area contributed by atoms with Gasteiger partial charge in [-0.3, -0.25) is 0 Å². The zero-order valence-electron chi connectivity index (χ0n) is 16.3. The number of rotatable bonds is 8. The van der Waals surface area contributed by atoms with E-state index in [1.54, 1.807) is 41.5 Å². The molecule has 0 unspecified atom stereocenters. The number of ether oxygens (including phenoxy) is 2. The summed E-state index contributed by atoms with van der Waals surface area (Å²) in [6.45, 7) is -2.62. The number of halogens is 2. The topological polar surface area (TPSA) is 89.7 Å². The Labute approximate surface area is 176 Å². The molecule has 10 heteroatoms. The molecule has 1 saturated heterocycles. The van der Waals surface area contributed by atoms with Gasteiger partial charge in [-0.25, -0.2) is 14.5 Å². The molecular formula is C21H20F2N4O4. The molecule has 1 aromatic carbocycles. The summed E-state index contributed by atoms with van der Waals surface area (Å²) in [6.07, 6.45) is 5.26. The molecule has 0 saturated carbocycles. The molecule has 2 aromatic heterocycles. The van der Waals surface area contributed by atoms with Crippen LogP contribution in [-0.4, -0.2) is 57.7 Å². The molecule has 8 nitrogen and oxygen atoms in total. The van der Waals surface area contributed by atoms with Crippen LogP contribution in [0.1, 0.15) is 16.8 Å². The van der Waals surface area contributed by atoms with E-state index < -0.39 is 12.6 Å². The fourth-order valence-electron chi connectivity index (χ4n) is 3.58. The Morgan fingerprint density at radius 3 is 2.58 bits per heavy atom. The lowest BCUT2D eigenvalue weighted by molar-refractivity contribution is -0.131. The minimum Gasteiger partial charge on any atom is -0.478 e. The monoisotopic (exact) mass is 430 g/mol. The maximum absolute atomic E-state index is 12.6. The second kappa shape index (κ2) is 9.09. The maximum Gasteiger partial charge on any atom is 0.345 e. The highest BCUT2D eigenvalue weighted by Gasteiger charge is 2.34. The highest BCUT2D eigenvalue weighted by molar-refractivity contribution is 5.88. The fourth-order valence-corrected chi connectivity index (χ4v) is 3.58. The summed E-state index contributed by atoms with van der Waals surface area (Å²) in [7, 11) is 0. The van der Waals surface area contributed by atoms with Gasteiger partial charge in [-0.15, -0.1) is 0 Å². The highest BCUT2D eigenvalue weighted by Crippen LogP contribution is 2.29. The van der Waals surface area contributed by atoms with E-state index in [1.807, 2.05) is 17.0 Å². The third-order valence-electron chi connectivity index (χ3n) is 5.01. The first-order chi connectivity index (χ1) is 15.0. The van der Waals surface area contributed by atoms with Crippen LogP contribution in [-0.2, 0) is 4.74 Å². The van der Waals surface area contributed by atoms with E-state index in [-0.39, 0.29) is 24.3 Å². The van der Waals surface area contributed by atoms with E-state index in [4.69, 9.17) is 9.84 Å². The number of carbonyl (C=O) groups is 1. The third-order valence-corrected chi connectivity index (χ3v) is 5.01. The molecule has 1 aliphatic rings. The van der Waals surface area contributed by atoms with Crippen LogP contribution in [0.3, 0.4) is 0 Å². The average molecular weight is 430 g/mol. The first-order valence-corrected chi connectivity index (χ1v) is 9.62. The Kier molecular flexibility index (Phi) is 6.08.